The molecular weight excluding hydrogens is 346 g/mol. The molecule has 0 saturated carbocycles. The zero-order valence-electron chi connectivity index (χ0n) is 17.4. The van der Waals surface area contributed by atoms with Crippen molar-refractivity contribution in [3.05, 3.63) is 83.2 Å². The molecule has 0 aliphatic carbocycles. The van der Waals surface area contributed by atoms with E-state index in [1.54, 1.807) is 6.07 Å². The Morgan fingerprint density at radius 3 is 2.29 bits per heavy atom. The van der Waals surface area contributed by atoms with Crippen LogP contribution < -0.4 is 5.73 Å². The molecule has 0 spiro atoms. The molecule has 4 heteroatoms. The van der Waals surface area contributed by atoms with Gasteiger partial charge in [0.15, 0.2) is 0 Å². The second-order valence-electron chi connectivity index (χ2n) is 9.10. The topological polar surface area (TPSA) is 60.9 Å². The summed E-state index contributed by atoms with van der Waals surface area (Å²) in [7, 11) is 0. The molecule has 4 nitrogen and oxygen atoms in total. The average Bonchev–Trinajstić information content (AvgIpc) is 3.09. The van der Waals surface area contributed by atoms with Crippen LogP contribution in [0.1, 0.15) is 61.7 Å². The van der Waals surface area contributed by atoms with Crippen LogP contribution in [-0.4, -0.2) is 15.7 Å². The van der Waals surface area contributed by atoms with Gasteiger partial charge in [0.2, 0.25) is 5.91 Å². The van der Waals surface area contributed by atoms with E-state index >= 15 is 0 Å². The zero-order chi connectivity index (χ0) is 20.5. The predicted octanol–water partition coefficient (Wildman–Crippen LogP) is 4.79. The lowest BCUT2D eigenvalue weighted by Gasteiger charge is -2.25. The van der Waals surface area contributed by atoms with Crippen LogP contribution in [0.15, 0.2) is 60.9 Å². The number of carbonyl (C=O) groups excluding carboxylic acids is 1. The van der Waals surface area contributed by atoms with Gasteiger partial charge in [-0.25, -0.2) is 4.68 Å². The van der Waals surface area contributed by atoms with Crippen molar-refractivity contribution in [1.82, 2.24) is 9.78 Å². The van der Waals surface area contributed by atoms with Crippen LogP contribution in [0.2, 0.25) is 0 Å². The van der Waals surface area contributed by atoms with Crippen LogP contribution in [-0.2, 0) is 17.3 Å². The Bertz CT molecular complexity index is 976. The number of nitrogens with two attached hydrogens (primary N) is 1. The Kier molecular flexibility index (Phi) is 5.16. The van der Waals surface area contributed by atoms with Gasteiger partial charge in [0, 0.05) is 11.8 Å². The molecular formula is C24H29N3O. The number of aromatic nitrogens is 2. The predicted molar refractivity (Wildman–Crippen MR) is 114 cm³/mol. The van der Waals surface area contributed by atoms with Crippen LogP contribution in [0.4, 0.5) is 0 Å². The van der Waals surface area contributed by atoms with Crippen LogP contribution in [0.25, 0.3) is 5.69 Å². The van der Waals surface area contributed by atoms with Gasteiger partial charge < -0.3 is 5.73 Å². The minimum absolute atomic E-state index is 0.136. The van der Waals surface area contributed by atoms with Crippen molar-refractivity contribution in [2.45, 2.75) is 51.9 Å². The summed E-state index contributed by atoms with van der Waals surface area (Å²) in [5.41, 5.74) is 10.6. The number of carbonyl (C=O) groups is 1. The normalized spacial score (nSPS) is 12.2. The molecule has 0 aliphatic heterocycles. The molecule has 0 bridgehead atoms. The van der Waals surface area contributed by atoms with E-state index < -0.39 is 5.91 Å². The Balaban J connectivity index is 1.80. The van der Waals surface area contributed by atoms with Gasteiger partial charge in [0.25, 0.3) is 0 Å². The molecule has 0 unspecified atom stereocenters. The third-order valence-corrected chi connectivity index (χ3v) is 5.21. The van der Waals surface area contributed by atoms with Gasteiger partial charge in [-0.2, -0.15) is 5.10 Å². The quantitative estimate of drug-likeness (QED) is 0.697. The molecule has 28 heavy (non-hydrogen) atoms. The monoisotopic (exact) mass is 375 g/mol. The van der Waals surface area contributed by atoms with E-state index in [1.165, 1.54) is 5.56 Å². The van der Waals surface area contributed by atoms with Gasteiger partial charge >= 0.3 is 0 Å². The highest BCUT2D eigenvalue weighted by atomic mass is 16.1. The first kappa shape index (κ1) is 19.9. The maximum Gasteiger partial charge on any atom is 0.248 e. The van der Waals surface area contributed by atoms with Crippen molar-refractivity contribution in [2.24, 2.45) is 5.73 Å². The maximum absolute atomic E-state index is 11.5. The summed E-state index contributed by atoms with van der Waals surface area (Å²) in [6.45, 7) is 11.0. The number of primary amides is 1. The van der Waals surface area contributed by atoms with E-state index in [1.807, 2.05) is 29.1 Å². The fraction of sp³-hybridized carbons (Fsp3) is 0.333. The Hall–Kier alpha value is -2.88. The number of benzene rings is 2. The van der Waals surface area contributed by atoms with Crippen LogP contribution in [0.3, 0.4) is 0 Å². The van der Waals surface area contributed by atoms with E-state index in [2.05, 4.69) is 70.2 Å². The lowest BCUT2D eigenvalue weighted by Crippen LogP contribution is -2.21. The molecule has 1 aromatic heterocycles. The lowest BCUT2D eigenvalue weighted by molar-refractivity contribution is 0.1000. The Morgan fingerprint density at radius 1 is 1.00 bits per heavy atom. The summed E-state index contributed by atoms with van der Waals surface area (Å²) in [6.07, 6.45) is 4.80. The first-order valence-corrected chi connectivity index (χ1v) is 9.61. The summed E-state index contributed by atoms with van der Waals surface area (Å²) in [4.78, 5) is 11.5. The number of hydrogen-bond acceptors (Lipinski definition) is 2. The molecule has 0 atom stereocenters. The van der Waals surface area contributed by atoms with E-state index in [-0.39, 0.29) is 10.8 Å². The summed E-state index contributed by atoms with van der Waals surface area (Å²) in [5, 5.41) is 4.54. The summed E-state index contributed by atoms with van der Waals surface area (Å²) in [6, 6.07) is 16.1. The van der Waals surface area contributed by atoms with Crippen LogP contribution in [0.5, 0.6) is 0 Å². The fourth-order valence-corrected chi connectivity index (χ4v) is 3.41. The first-order chi connectivity index (χ1) is 13.1. The molecule has 3 aromatic rings. The van der Waals surface area contributed by atoms with Gasteiger partial charge in [-0.3, -0.25) is 4.79 Å². The second-order valence-corrected chi connectivity index (χ2v) is 9.10. The molecule has 146 valence electrons. The van der Waals surface area contributed by atoms with E-state index in [0.717, 1.165) is 23.2 Å². The largest absolute Gasteiger partial charge is 0.366 e. The van der Waals surface area contributed by atoms with Crippen molar-refractivity contribution >= 4 is 5.91 Å². The van der Waals surface area contributed by atoms with Crippen molar-refractivity contribution in [3.8, 4) is 5.69 Å². The number of rotatable bonds is 5. The van der Waals surface area contributed by atoms with E-state index in [4.69, 9.17) is 5.73 Å². The smallest absolute Gasteiger partial charge is 0.248 e. The average molecular weight is 376 g/mol. The van der Waals surface area contributed by atoms with Crippen molar-refractivity contribution in [2.75, 3.05) is 0 Å². The Morgan fingerprint density at radius 2 is 1.68 bits per heavy atom. The first-order valence-electron chi connectivity index (χ1n) is 9.61. The third kappa shape index (κ3) is 4.33. The van der Waals surface area contributed by atoms with Crippen molar-refractivity contribution in [3.63, 3.8) is 0 Å². The molecule has 1 heterocycles. The highest BCUT2D eigenvalue weighted by Gasteiger charge is 2.23. The fourth-order valence-electron chi connectivity index (χ4n) is 3.41. The molecule has 0 radical (unpaired) electrons. The molecule has 3 rings (SSSR count). The molecule has 0 aliphatic rings. The SMILES string of the molecule is CC(C)(C)c1ccc(-n2cc(CC(C)(C)c3cccc(C(N)=O)c3)cn2)cc1. The molecule has 1 amide bonds. The summed E-state index contributed by atoms with van der Waals surface area (Å²) in [5.74, 6) is -0.399. The van der Waals surface area contributed by atoms with Gasteiger partial charge in [0.05, 0.1) is 11.9 Å². The van der Waals surface area contributed by atoms with Crippen molar-refractivity contribution in [1.29, 1.82) is 0 Å². The minimum atomic E-state index is -0.399. The van der Waals surface area contributed by atoms with Gasteiger partial charge in [-0.05, 0) is 58.2 Å². The number of nitrogens with zero attached hydrogens (tertiary/aromatic N) is 2. The van der Waals surface area contributed by atoms with Crippen LogP contribution in [0, 0.1) is 0 Å². The van der Waals surface area contributed by atoms with Gasteiger partial charge in [-0.1, -0.05) is 58.9 Å². The number of amides is 1. The van der Waals surface area contributed by atoms with E-state index in [0.29, 0.717) is 5.56 Å². The van der Waals surface area contributed by atoms with Crippen molar-refractivity contribution < 1.29 is 4.79 Å². The second kappa shape index (κ2) is 7.27. The van der Waals surface area contributed by atoms with Crippen LogP contribution >= 0.6 is 0 Å². The summed E-state index contributed by atoms with van der Waals surface area (Å²) < 4.78 is 1.91. The van der Waals surface area contributed by atoms with E-state index in [9.17, 15) is 4.79 Å². The number of hydrogen-bond donors (Lipinski definition) is 1. The molecule has 0 fully saturated rings. The molecule has 2 aromatic carbocycles. The highest BCUT2D eigenvalue weighted by molar-refractivity contribution is 5.92. The zero-order valence-corrected chi connectivity index (χ0v) is 17.4. The van der Waals surface area contributed by atoms with Gasteiger partial charge in [-0.15, -0.1) is 0 Å². The maximum atomic E-state index is 11.5. The molecule has 2 N–H and O–H groups in total. The standard InChI is InChI=1S/C24H29N3O/c1-23(2,3)19-9-11-21(12-10-19)27-16-17(15-26-27)14-24(4,5)20-8-6-7-18(13-20)22(25)28/h6-13,15-16H,14H2,1-5H3,(H2,25,28). The Labute approximate surface area is 167 Å². The molecule has 0 saturated heterocycles. The highest BCUT2D eigenvalue weighted by Crippen LogP contribution is 2.29. The van der Waals surface area contributed by atoms with Gasteiger partial charge in [0.1, 0.15) is 0 Å². The third-order valence-electron chi connectivity index (χ3n) is 5.21. The minimum Gasteiger partial charge on any atom is -0.366 e. The summed E-state index contributed by atoms with van der Waals surface area (Å²) >= 11 is 0. The lowest BCUT2D eigenvalue weighted by atomic mass is 9.79.